The number of hydrogen-bond donors (Lipinski definition) is 2. The van der Waals surface area contributed by atoms with Gasteiger partial charge in [-0.2, -0.15) is 0 Å². The molecule has 6 nitrogen and oxygen atoms in total. The van der Waals surface area contributed by atoms with Gasteiger partial charge in [0.2, 0.25) is 17.7 Å². The molecule has 2 atom stereocenters. The summed E-state index contributed by atoms with van der Waals surface area (Å²) in [5, 5.41) is 6.43. The first-order valence-electron chi connectivity index (χ1n) is 12.9. The zero-order valence-corrected chi connectivity index (χ0v) is 21.3. The van der Waals surface area contributed by atoms with E-state index < -0.39 is 0 Å². The SMILES string of the molecule is CC(C)[C@H](C)CC(=O)NC1CCC(NC(=O)C2CCN(C(=O)C[C@@H](C)C(C)C)CC2)CC1. The summed E-state index contributed by atoms with van der Waals surface area (Å²) in [7, 11) is 0. The van der Waals surface area contributed by atoms with E-state index in [1.54, 1.807) is 0 Å². The second kappa shape index (κ2) is 12.6. The highest BCUT2D eigenvalue weighted by Crippen LogP contribution is 2.24. The molecule has 3 amide bonds. The Morgan fingerprint density at radius 1 is 0.719 bits per heavy atom. The van der Waals surface area contributed by atoms with Gasteiger partial charge in [-0.25, -0.2) is 0 Å². The van der Waals surface area contributed by atoms with Crippen molar-refractivity contribution in [2.75, 3.05) is 13.1 Å². The zero-order valence-electron chi connectivity index (χ0n) is 21.3. The Balaban J connectivity index is 1.66. The molecule has 32 heavy (non-hydrogen) atoms. The number of nitrogens with zero attached hydrogens (tertiary/aromatic N) is 1. The maximum atomic E-state index is 12.8. The minimum atomic E-state index is 0.0107. The Bertz CT molecular complexity index is 618. The van der Waals surface area contributed by atoms with Crippen molar-refractivity contribution in [2.24, 2.45) is 29.6 Å². The van der Waals surface area contributed by atoms with Gasteiger partial charge in [0.05, 0.1) is 0 Å². The van der Waals surface area contributed by atoms with Crippen molar-refractivity contribution in [2.45, 2.75) is 105 Å². The Hall–Kier alpha value is -1.59. The van der Waals surface area contributed by atoms with Crippen LogP contribution in [0.2, 0.25) is 0 Å². The number of nitrogens with one attached hydrogen (secondary N) is 2. The van der Waals surface area contributed by atoms with E-state index in [4.69, 9.17) is 0 Å². The summed E-state index contributed by atoms with van der Waals surface area (Å²) in [6.07, 6.45) is 6.39. The molecule has 2 N–H and O–H groups in total. The van der Waals surface area contributed by atoms with Gasteiger partial charge < -0.3 is 15.5 Å². The molecule has 1 aliphatic carbocycles. The van der Waals surface area contributed by atoms with E-state index in [2.05, 4.69) is 52.2 Å². The monoisotopic (exact) mass is 449 g/mol. The van der Waals surface area contributed by atoms with Gasteiger partial charge >= 0.3 is 0 Å². The molecule has 2 fully saturated rings. The molecule has 184 valence electrons. The molecular weight excluding hydrogens is 402 g/mol. The highest BCUT2D eigenvalue weighted by atomic mass is 16.2. The molecule has 0 unspecified atom stereocenters. The number of amides is 3. The number of piperidine rings is 1. The second-order valence-corrected chi connectivity index (χ2v) is 11.1. The minimum Gasteiger partial charge on any atom is -0.353 e. The van der Waals surface area contributed by atoms with Crippen molar-refractivity contribution in [3.05, 3.63) is 0 Å². The molecule has 0 aromatic heterocycles. The van der Waals surface area contributed by atoms with Gasteiger partial charge in [0.1, 0.15) is 0 Å². The molecule has 1 saturated carbocycles. The molecule has 2 aliphatic rings. The predicted molar refractivity (Wildman–Crippen MR) is 129 cm³/mol. The van der Waals surface area contributed by atoms with Crippen molar-refractivity contribution in [3.8, 4) is 0 Å². The van der Waals surface area contributed by atoms with E-state index >= 15 is 0 Å². The van der Waals surface area contributed by atoms with Gasteiger partial charge in [-0.3, -0.25) is 14.4 Å². The van der Waals surface area contributed by atoms with Gasteiger partial charge in [-0.1, -0.05) is 41.5 Å². The number of rotatable bonds is 9. The van der Waals surface area contributed by atoms with Crippen LogP contribution in [-0.2, 0) is 14.4 Å². The lowest BCUT2D eigenvalue weighted by Gasteiger charge is -2.34. The maximum Gasteiger partial charge on any atom is 0.223 e. The summed E-state index contributed by atoms with van der Waals surface area (Å²) < 4.78 is 0. The fourth-order valence-corrected chi connectivity index (χ4v) is 4.55. The van der Waals surface area contributed by atoms with Crippen LogP contribution < -0.4 is 10.6 Å². The molecule has 0 aromatic rings. The summed E-state index contributed by atoms with van der Waals surface area (Å²) in [4.78, 5) is 39.5. The summed E-state index contributed by atoms with van der Waals surface area (Å²) >= 11 is 0. The molecule has 0 bridgehead atoms. The molecule has 2 rings (SSSR count). The van der Waals surface area contributed by atoms with E-state index in [0.29, 0.717) is 49.6 Å². The Labute approximate surface area is 195 Å². The van der Waals surface area contributed by atoms with E-state index in [1.807, 2.05) is 4.90 Å². The molecule has 6 heteroatoms. The smallest absolute Gasteiger partial charge is 0.223 e. The summed E-state index contributed by atoms with van der Waals surface area (Å²) in [5.74, 6) is 2.35. The summed E-state index contributed by atoms with van der Waals surface area (Å²) in [6.45, 7) is 14.3. The van der Waals surface area contributed by atoms with E-state index in [-0.39, 0.29) is 35.7 Å². The third-order valence-electron chi connectivity index (χ3n) is 7.94. The van der Waals surface area contributed by atoms with Crippen molar-refractivity contribution in [3.63, 3.8) is 0 Å². The van der Waals surface area contributed by atoms with Crippen LogP contribution in [0.4, 0.5) is 0 Å². The third kappa shape index (κ3) is 8.40. The average Bonchev–Trinajstić information content (AvgIpc) is 2.74. The maximum absolute atomic E-state index is 12.8. The summed E-state index contributed by atoms with van der Waals surface area (Å²) in [6, 6.07) is 0.439. The molecule has 0 spiro atoms. The Morgan fingerprint density at radius 2 is 1.19 bits per heavy atom. The van der Waals surface area contributed by atoms with Crippen LogP contribution in [0, 0.1) is 29.6 Å². The van der Waals surface area contributed by atoms with Crippen LogP contribution in [0.1, 0.15) is 92.9 Å². The number of hydrogen-bond acceptors (Lipinski definition) is 3. The highest BCUT2D eigenvalue weighted by molar-refractivity contribution is 5.80. The van der Waals surface area contributed by atoms with Crippen molar-refractivity contribution in [1.29, 1.82) is 0 Å². The number of carbonyl (C=O) groups is 3. The first kappa shape index (κ1) is 26.7. The van der Waals surface area contributed by atoms with Crippen LogP contribution in [0.15, 0.2) is 0 Å². The van der Waals surface area contributed by atoms with Gasteiger partial charge in [-0.15, -0.1) is 0 Å². The largest absolute Gasteiger partial charge is 0.353 e. The first-order chi connectivity index (χ1) is 15.1. The van der Waals surface area contributed by atoms with Crippen LogP contribution >= 0.6 is 0 Å². The Morgan fingerprint density at radius 3 is 1.69 bits per heavy atom. The van der Waals surface area contributed by atoms with Crippen molar-refractivity contribution >= 4 is 17.7 Å². The number of carbonyl (C=O) groups excluding carboxylic acids is 3. The lowest BCUT2D eigenvalue weighted by Crippen LogP contribution is -2.48. The van der Waals surface area contributed by atoms with Gasteiger partial charge in [0.25, 0.3) is 0 Å². The van der Waals surface area contributed by atoms with Gasteiger partial charge in [-0.05, 0) is 62.2 Å². The molecule has 0 radical (unpaired) electrons. The Kier molecular flexibility index (Phi) is 10.5. The van der Waals surface area contributed by atoms with Crippen LogP contribution in [0.3, 0.4) is 0 Å². The molecular formula is C26H47N3O3. The standard InChI is InChI=1S/C26H47N3O3/c1-17(2)19(5)15-24(30)27-22-7-9-23(10-8-22)28-26(32)21-11-13-29(14-12-21)25(31)16-20(6)18(3)4/h17-23H,7-16H2,1-6H3,(H,27,30)(H,28,32)/t19-,20-,22?,23?/m1/s1. The molecule has 0 aromatic carbocycles. The minimum absolute atomic E-state index is 0.0107. The molecule has 1 heterocycles. The fraction of sp³-hybridized carbons (Fsp3) is 0.885. The summed E-state index contributed by atoms with van der Waals surface area (Å²) in [5.41, 5.74) is 0. The highest BCUT2D eigenvalue weighted by Gasteiger charge is 2.30. The fourth-order valence-electron chi connectivity index (χ4n) is 4.55. The van der Waals surface area contributed by atoms with Crippen molar-refractivity contribution in [1.82, 2.24) is 15.5 Å². The zero-order chi connectivity index (χ0) is 23.8. The molecule has 1 saturated heterocycles. The van der Waals surface area contributed by atoms with Gasteiger partial charge in [0, 0.05) is 43.9 Å². The van der Waals surface area contributed by atoms with Crippen molar-refractivity contribution < 1.29 is 14.4 Å². The lowest BCUT2D eigenvalue weighted by molar-refractivity contribution is -0.136. The van der Waals surface area contributed by atoms with Crippen LogP contribution in [-0.4, -0.2) is 47.8 Å². The lowest BCUT2D eigenvalue weighted by atomic mass is 9.89. The van der Waals surface area contributed by atoms with Crippen LogP contribution in [0.5, 0.6) is 0 Å². The van der Waals surface area contributed by atoms with E-state index in [1.165, 1.54) is 0 Å². The number of likely N-dealkylation sites (tertiary alicyclic amines) is 1. The second-order valence-electron chi connectivity index (χ2n) is 11.1. The van der Waals surface area contributed by atoms with E-state index in [0.717, 1.165) is 38.5 Å². The first-order valence-corrected chi connectivity index (χ1v) is 12.9. The average molecular weight is 450 g/mol. The topological polar surface area (TPSA) is 78.5 Å². The third-order valence-corrected chi connectivity index (χ3v) is 7.94. The van der Waals surface area contributed by atoms with Crippen LogP contribution in [0.25, 0.3) is 0 Å². The normalized spacial score (nSPS) is 24.3. The van der Waals surface area contributed by atoms with E-state index in [9.17, 15) is 14.4 Å². The van der Waals surface area contributed by atoms with Gasteiger partial charge in [0.15, 0.2) is 0 Å². The quantitative estimate of drug-likeness (QED) is 0.555. The predicted octanol–water partition coefficient (Wildman–Crippen LogP) is 4.13. The molecule has 1 aliphatic heterocycles.